The van der Waals surface area contributed by atoms with Crippen LogP contribution in [0.2, 0.25) is 0 Å². The summed E-state index contributed by atoms with van der Waals surface area (Å²) in [5.41, 5.74) is 4.47. The average Bonchev–Trinajstić information content (AvgIpc) is 2.81. The van der Waals surface area contributed by atoms with E-state index in [-0.39, 0.29) is 0 Å². The summed E-state index contributed by atoms with van der Waals surface area (Å²) >= 11 is 1.50. The summed E-state index contributed by atoms with van der Waals surface area (Å²) in [7, 11) is 0. The molecule has 0 atom stereocenters. The number of hydrogen-bond donors (Lipinski definition) is 0. The van der Waals surface area contributed by atoms with Crippen molar-refractivity contribution in [3.8, 4) is 11.3 Å². The lowest BCUT2D eigenvalue weighted by Gasteiger charge is -2.09. The predicted octanol–water partition coefficient (Wildman–Crippen LogP) is 4.69. The molecule has 0 unspecified atom stereocenters. The molecule has 0 bridgehead atoms. The molecule has 0 spiro atoms. The molecule has 100 valence electrons. The van der Waals surface area contributed by atoms with Crippen LogP contribution in [0.5, 0.6) is 0 Å². The van der Waals surface area contributed by atoms with E-state index >= 15 is 0 Å². The first kappa shape index (κ1) is 13.8. The van der Waals surface area contributed by atoms with Crippen molar-refractivity contribution in [2.45, 2.75) is 27.2 Å². The molecule has 0 aliphatic carbocycles. The van der Waals surface area contributed by atoms with E-state index in [1.807, 2.05) is 6.92 Å². The molecule has 19 heavy (non-hydrogen) atoms. The summed E-state index contributed by atoms with van der Waals surface area (Å²) in [5.74, 6) is 0.711. The van der Waals surface area contributed by atoms with Crippen molar-refractivity contribution in [1.29, 1.82) is 0 Å². The third-order valence-electron chi connectivity index (χ3n) is 3.10. The van der Waals surface area contributed by atoms with Gasteiger partial charge in [0.05, 0.1) is 17.9 Å². The van der Waals surface area contributed by atoms with Crippen LogP contribution in [0.25, 0.3) is 17.0 Å². The standard InChI is InChI=1S/C16H19NOS/c1-5-13-7-9-14(10-8-13)16-15(11(3)18-6-2)12(4)19-17-16/h7-10H,3,5-6H2,1-2,4H3. The fourth-order valence-electron chi connectivity index (χ4n) is 2.04. The maximum Gasteiger partial charge on any atom is 0.122 e. The molecule has 1 aromatic carbocycles. The minimum Gasteiger partial charge on any atom is -0.494 e. The first-order valence-corrected chi connectivity index (χ1v) is 7.32. The van der Waals surface area contributed by atoms with E-state index in [2.05, 4.69) is 49.1 Å². The molecule has 1 aromatic heterocycles. The molecule has 0 N–H and O–H groups in total. The SMILES string of the molecule is C=C(OCC)c1c(-c2ccc(CC)cc2)nsc1C. The van der Waals surface area contributed by atoms with Gasteiger partial charge < -0.3 is 4.74 Å². The Bertz CT molecular complexity index is 569. The Kier molecular flexibility index (Phi) is 4.38. The number of benzene rings is 1. The monoisotopic (exact) mass is 273 g/mol. The summed E-state index contributed by atoms with van der Waals surface area (Å²) in [6.07, 6.45) is 1.05. The summed E-state index contributed by atoms with van der Waals surface area (Å²) < 4.78 is 10.1. The average molecular weight is 273 g/mol. The normalized spacial score (nSPS) is 10.5. The molecule has 0 amide bonds. The van der Waals surface area contributed by atoms with Crippen molar-refractivity contribution in [2.24, 2.45) is 0 Å². The third kappa shape index (κ3) is 2.87. The van der Waals surface area contributed by atoms with E-state index in [9.17, 15) is 0 Å². The van der Waals surface area contributed by atoms with Gasteiger partial charge in [-0.2, -0.15) is 4.37 Å². The van der Waals surface area contributed by atoms with Crippen LogP contribution in [0.15, 0.2) is 30.8 Å². The second-order valence-electron chi connectivity index (χ2n) is 4.37. The van der Waals surface area contributed by atoms with E-state index in [0.717, 1.165) is 28.1 Å². The summed E-state index contributed by atoms with van der Waals surface area (Å²) in [6.45, 7) is 10.8. The van der Waals surface area contributed by atoms with Crippen molar-refractivity contribution in [1.82, 2.24) is 4.37 Å². The predicted molar refractivity (Wildman–Crippen MR) is 82.3 cm³/mol. The minimum atomic E-state index is 0.627. The lowest BCUT2D eigenvalue weighted by atomic mass is 10.0. The van der Waals surface area contributed by atoms with Gasteiger partial charge in [0.2, 0.25) is 0 Å². The van der Waals surface area contributed by atoms with Crippen LogP contribution >= 0.6 is 11.5 Å². The fraction of sp³-hybridized carbons (Fsp3) is 0.312. The first-order valence-electron chi connectivity index (χ1n) is 6.55. The number of aryl methyl sites for hydroxylation is 2. The van der Waals surface area contributed by atoms with Crippen molar-refractivity contribution < 1.29 is 4.74 Å². The van der Waals surface area contributed by atoms with Gasteiger partial charge in [-0.05, 0) is 37.4 Å². The molecule has 2 rings (SSSR count). The molecule has 0 fully saturated rings. The lowest BCUT2D eigenvalue weighted by molar-refractivity contribution is 0.299. The zero-order valence-electron chi connectivity index (χ0n) is 11.7. The molecule has 2 nitrogen and oxygen atoms in total. The van der Waals surface area contributed by atoms with Gasteiger partial charge in [-0.1, -0.05) is 37.8 Å². The second kappa shape index (κ2) is 6.02. The zero-order valence-corrected chi connectivity index (χ0v) is 12.5. The van der Waals surface area contributed by atoms with Crippen LogP contribution in [-0.4, -0.2) is 11.0 Å². The molecule has 1 heterocycles. The van der Waals surface area contributed by atoms with Crippen molar-refractivity contribution in [3.63, 3.8) is 0 Å². The van der Waals surface area contributed by atoms with Crippen LogP contribution < -0.4 is 0 Å². The fourth-order valence-corrected chi connectivity index (χ4v) is 2.77. The highest BCUT2D eigenvalue weighted by Gasteiger charge is 2.16. The minimum absolute atomic E-state index is 0.627. The van der Waals surface area contributed by atoms with Crippen LogP contribution in [0.1, 0.15) is 29.9 Å². The molecule has 0 aliphatic rings. The van der Waals surface area contributed by atoms with Gasteiger partial charge in [0.15, 0.2) is 0 Å². The Morgan fingerprint density at radius 1 is 1.26 bits per heavy atom. The van der Waals surface area contributed by atoms with Gasteiger partial charge >= 0.3 is 0 Å². The smallest absolute Gasteiger partial charge is 0.122 e. The molecular formula is C16H19NOS. The van der Waals surface area contributed by atoms with Crippen molar-refractivity contribution >= 4 is 17.3 Å². The summed E-state index contributed by atoms with van der Waals surface area (Å²) in [6, 6.07) is 8.54. The summed E-state index contributed by atoms with van der Waals surface area (Å²) in [5, 5.41) is 0. The highest BCUT2D eigenvalue weighted by Crippen LogP contribution is 2.33. The number of ether oxygens (including phenoxy) is 1. The van der Waals surface area contributed by atoms with E-state index in [0.29, 0.717) is 12.4 Å². The Labute approximate surface area is 118 Å². The van der Waals surface area contributed by atoms with E-state index in [1.165, 1.54) is 17.1 Å². The Hall–Kier alpha value is -1.61. The largest absolute Gasteiger partial charge is 0.494 e. The van der Waals surface area contributed by atoms with Gasteiger partial charge in [0, 0.05) is 10.4 Å². The molecule has 0 saturated carbocycles. The Morgan fingerprint density at radius 2 is 1.95 bits per heavy atom. The molecule has 3 heteroatoms. The number of rotatable bonds is 5. The topological polar surface area (TPSA) is 22.1 Å². The second-order valence-corrected chi connectivity index (χ2v) is 5.35. The zero-order chi connectivity index (χ0) is 13.8. The van der Waals surface area contributed by atoms with Crippen LogP contribution in [-0.2, 0) is 11.2 Å². The Balaban J connectivity index is 2.41. The molecule has 0 saturated heterocycles. The highest BCUT2D eigenvalue weighted by atomic mass is 32.1. The molecule has 0 aliphatic heterocycles. The van der Waals surface area contributed by atoms with Crippen molar-refractivity contribution in [2.75, 3.05) is 6.61 Å². The number of nitrogens with zero attached hydrogens (tertiary/aromatic N) is 1. The molecule has 0 radical (unpaired) electrons. The first-order chi connectivity index (χ1) is 9.17. The van der Waals surface area contributed by atoms with E-state index in [1.54, 1.807) is 0 Å². The van der Waals surface area contributed by atoms with Gasteiger partial charge in [0.25, 0.3) is 0 Å². The van der Waals surface area contributed by atoms with Gasteiger partial charge in [0.1, 0.15) is 5.76 Å². The third-order valence-corrected chi connectivity index (χ3v) is 3.85. The number of aromatic nitrogens is 1. The lowest BCUT2D eigenvalue weighted by Crippen LogP contribution is -1.93. The van der Waals surface area contributed by atoms with Crippen LogP contribution in [0, 0.1) is 6.92 Å². The summed E-state index contributed by atoms with van der Waals surface area (Å²) in [4.78, 5) is 1.15. The van der Waals surface area contributed by atoms with E-state index in [4.69, 9.17) is 4.74 Å². The van der Waals surface area contributed by atoms with Crippen LogP contribution in [0.3, 0.4) is 0 Å². The van der Waals surface area contributed by atoms with Gasteiger partial charge in [-0.25, -0.2) is 0 Å². The quantitative estimate of drug-likeness (QED) is 0.737. The highest BCUT2D eigenvalue weighted by molar-refractivity contribution is 7.06. The Morgan fingerprint density at radius 3 is 2.53 bits per heavy atom. The maximum absolute atomic E-state index is 5.55. The number of hydrogen-bond acceptors (Lipinski definition) is 3. The van der Waals surface area contributed by atoms with E-state index < -0.39 is 0 Å². The molecular weight excluding hydrogens is 254 g/mol. The maximum atomic E-state index is 5.55. The molecule has 2 aromatic rings. The van der Waals surface area contributed by atoms with Gasteiger partial charge in [-0.3, -0.25) is 0 Å². The van der Waals surface area contributed by atoms with Crippen molar-refractivity contribution in [3.05, 3.63) is 46.8 Å². The van der Waals surface area contributed by atoms with Crippen LogP contribution in [0.4, 0.5) is 0 Å². The van der Waals surface area contributed by atoms with Gasteiger partial charge in [-0.15, -0.1) is 0 Å².